The lowest BCUT2D eigenvalue weighted by molar-refractivity contribution is -0.117. The third kappa shape index (κ3) is 3.41. The normalized spacial score (nSPS) is 20.0. The number of nitrogens with one attached hydrogen (secondary N) is 2. The van der Waals surface area contributed by atoms with E-state index in [0.717, 1.165) is 28.8 Å². The van der Waals surface area contributed by atoms with Crippen LogP contribution in [0.5, 0.6) is 5.75 Å². The summed E-state index contributed by atoms with van der Waals surface area (Å²) in [4.78, 5) is 16.5. The largest absolute Gasteiger partial charge is 0.496 e. The van der Waals surface area contributed by atoms with Gasteiger partial charge in [-0.1, -0.05) is 0 Å². The molecule has 1 amide bonds. The Labute approximate surface area is 147 Å². The maximum absolute atomic E-state index is 12.4. The van der Waals surface area contributed by atoms with Crippen molar-refractivity contribution in [1.29, 1.82) is 0 Å². The fraction of sp³-hybridized carbons (Fsp3) is 0.375. The monoisotopic (exact) mass is 395 g/mol. The van der Waals surface area contributed by atoms with Gasteiger partial charge in [0, 0.05) is 30.1 Å². The Kier molecular flexibility index (Phi) is 4.70. The predicted molar refractivity (Wildman–Crippen MR) is 95.1 cm³/mol. The third-order valence-electron chi connectivity index (χ3n) is 4.07. The van der Waals surface area contributed by atoms with E-state index in [0.29, 0.717) is 11.6 Å². The second-order valence-electron chi connectivity index (χ2n) is 5.71. The van der Waals surface area contributed by atoms with Crippen molar-refractivity contribution in [3.05, 3.63) is 39.3 Å². The van der Waals surface area contributed by atoms with Crippen LogP contribution in [0.4, 0.5) is 5.13 Å². The van der Waals surface area contributed by atoms with Gasteiger partial charge in [0.2, 0.25) is 5.91 Å². The highest BCUT2D eigenvalue weighted by molar-refractivity contribution is 9.10. The summed E-state index contributed by atoms with van der Waals surface area (Å²) >= 11 is 4.96. The van der Waals surface area contributed by atoms with Crippen LogP contribution in [0.2, 0.25) is 0 Å². The van der Waals surface area contributed by atoms with Crippen LogP contribution < -0.4 is 15.4 Å². The number of carbonyl (C=O) groups is 1. The maximum atomic E-state index is 12.4. The van der Waals surface area contributed by atoms with Crippen LogP contribution in [0.25, 0.3) is 0 Å². The highest BCUT2D eigenvalue weighted by Gasteiger charge is 2.34. The lowest BCUT2D eigenvalue weighted by atomic mass is 9.81. The highest BCUT2D eigenvalue weighted by Crippen LogP contribution is 2.37. The standard InChI is InChI=1S/C16H18BrN3O2S/c1-16(9-14(21)20-15-18-5-6-23-15)11-8-12(17)13(22-2)7-10(11)3-4-19-16/h5-8,19H,3-4,9H2,1-2H3,(H,18,20,21). The molecule has 5 nitrogen and oxygen atoms in total. The summed E-state index contributed by atoms with van der Waals surface area (Å²) in [7, 11) is 1.66. The number of nitrogens with zero attached hydrogens (tertiary/aromatic N) is 1. The van der Waals surface area contributed by atoms with Crippen molar-refractivity contribution >= 4 is 38.3 Å². The van der Waals surface area contributed by atoms with Gasteiger partial charge in [0.1, 0.15) is 5.75 Å². The number of fused-ring (bicyclic) bond motifs is 1. The average molecular weight is 396 g/mol. The Hall–Kier alpha value is -1.44. The quantitative estimate of drug-likeness (QED) is 0.833. The number of amides is 1. The minimum atomic E-state index is -0.413. The van der Waals surface area contributed by atoms with Crippen molar-refractivity contribution in [1.82, 2.24) is 10.3 Å². The van der Waals surface area contributed by atoms with E-state index in [1.54, 1.807) is 13.3 Å². The van der Waals surface area contributed by atoms with Gasteiger partial charge < -0.3 is 15.4 Å². The molecule has 1 aromatic carbocycles. The molecule has 7 heteroatoms. The summed E-state index contributed by atoms with van der Waals surface area (Å²) in [6.07, 6.45) is 2.94. The number of rotatable bonds is 4. The minimum absolute atomic E-state index is 0.0465. The molecule has 0 spiro atoms. The molecule has 0 radical (unpaired) electrons. The molecule has 1 aromatic heterocycles. The van der Waals surface area contributed by atoms with Gasteiger partial charge in [0.25, 0.3) is 0 Å². The van der Waals surface area contributed by atoms with E-state index in [2.05, 4.69) is 50.6 Å². The molecule has 3 rings (SSSR count). The average Bonchev–Trinajstić information content (AvgIpc) is 3.00. The molecular weight excluding hydrogens is 378 g/mol. The number of anilines is 1. The van der Waals surface area contributed by atoms with Gasteiger partial charge in [0.15, 0.2) is 5.13 Å². The van der Waals surface area contributed by atoms with E-state index in [4.69, 9.17) is 4.74 Å². The van der Waals surface area contributed by atoms with Gasteiger partial charge in [-0.15, -0.1) is 11.3 Å². The highest BCUT2D eigenvalue weighted by atomic mass is 79.9. The minimum Gasteiger partial charge on any atom is -0.496 e. The molecule has 2 aromatic rings. The van der Waals surface area contributed by atoms with Gasteiger partial charge >= 0.3 is 0 Å². The number of carbonyl (C=O) groups excluding carboxylic acids is 1. The first-order valence-electron chi connectivity index (χ1n) is 7.33. The zero-order valence-electron chi connectivity index (χ0n) is 13.0. The van der Waals surface area contributed by atoms with Crippen molar-refractivity contribution in [2.24, 2.45) is 0 Å². The molecule has 1 unspecified atom stereocenters. The van der Waals surface area contributed by atoms with E-state index in [1.165, 1.54) is 16.9 Å². The van der Waals surface area contributed by atoms with Crippen molar-refractivity contribution in [2.75, 3.05) is 19.0 Å². The van der Waals surface area contributed by atoms with Crippen molar-refractivity contribution in [3.63, 3.8) is 0 Å². The van der Waals surface area contributed by atoms with E-state index in [1.807, 2.05) is 5.38 Å². The van der Waals surface area contributed by atoms with E-state index < -0.39 is 5.54 Å². The van der Waals surface area contributed by atoms with Gasteiger partial charge in [-0.2, -0.15) is 0 Å². The number of aromatic nitrogens is 1. The molecule has 1 atom stereocenters. The zero-order valence-corrected chi connectivity index (χ0v) is 15.4. The van der Waals surface area contributed by atoms with Crippen molar-refractivity contribution < 1.29 is 9.53 Å². The molecule has 0 saturated carbocycles. The topological polar surface area (TPSA) is 63.2 Å². The number of hydrogen-bond acceptors (Lipinski definition) is 5. The summed E-state index contributed by atoms with van der Waals surface area (Å²) in [5.41, 5.74) is 1.93. The lowest BCUT2D eigenvalue weighted by Gasteiger charge is -2.37. The summed E-state index contributed by atoms with van der Waals surface area (Å²) in [6.45, 7) is 2.89. The first-order valence-corrected chi connectivity index (χ1v) is 9.00. The molecule has 23 heavy (non-hydrogen) atoms. The van der Waals surface area contributed by atoms with Crippen LogP contribution in [-0.2, 0) is 16.8 Å². The van der Waals surface area contributed by atoms with Crippen LogP contribution in [-0.4, -0.2) is 24.5 Å². The summed E-state index contributed by atoms with van der Waals surface area (Å²) in [6, 6.07) is 4.11. The predicted octanol–water partition coefficient (Wildman–Crippen LogP) is 3.30. The fourth-order valence-electron chi connectivity index (χ4n) is 2.97. The van der Waals surface area contributed by atoms with E-state index in [9.17, 15) is 4.79 Å². The molecule has 122 valence electrons. The summed E-state index contributed by atoms with van der Waals surface area (Å²) < 4.78 is 6.27. The van der Waals surface area contributed by atoms with E-state index in [-0.39, 0.29) is 5.91 Å². The first-order chi connectivity index (χ1) is 11.0. The summed E-state index contributed by atoms with van der Waals surface area (Å²) in [5, 5.41) is 8.81. The smallest absolute Gasteiger partial charge is 0.228 e. The van der Waals surface area contributed by atoms with Crippen molar-refractivity contribution in [2.45, 2.75) is 25.3 Å². The second-order valence-corrected chi connectivity index (χ2v) is 7.46. The molecular formula is C16H18BrN3O2S. The van der Waals surface area contributed by atoms with Crippen LogP contribution in [0.3, 0.4) is 0 Å². The van der Waals surface area contributed by atoms with Gasteiger partial charge in [-0.25, -0.2) is 4.98 Å². The second kappa shape index (κ2) is 6.59. The Bertz CT molecular complexity index is 720. The summed E-state index contributed by atoms with van der Waals surface area (Å²) in [5.74, 6) is 0.773. The van der Waals surface area contributed by atoms with Gasteiger partial charge in [-0.05, 0) is 52.5 Å². The van der Waals surface area contributed by atoms with Crippen LogP contribution in [0.1, 0.15) is 24.5 Å². The molecule has 0 aliphatic carbocycles. The Balaban J connectivity index is 1.85. The molecule has 1 aliphatic rings. The van der Waals surface area contributed by atoms with Crippen LogP contribution in [0.15, 0.2) is 28.2 Å². The van der Waals surface area contributed by atoms with Crippen LogP contribution in [0, 0.1) is 0 Å². The number of methoxy groups -OCH3 is 1. The number of hydrogen-bond donors (Lipinski definition) is 2. The molecule has 0 bridgehead atoms. The fourth-order valence-corrected chi connectivity index (χ4v) is 4.02. The molecule has 2 heterocycles. The molecule has 2 N–H and O–H groups in total. The van der Waals surface area contributed by atoms with E-state index >= 15 is 0 Å². The zero-order chi connectivity index (χ0) is 16.4. The Morgan fingerprint density at radius 3 is 3.09 bits per heavy atom. The van der Waals surface area contributed by atoms with Gasteiger partial charge in [0.05, 0.1) is 11.6 Å². The molecule has 0 saturated heterocycles. The Morgan fingerprint density at radius 2 is 2.39 bits per heavy atom. The number of ether oxygens (including phenoxy) is 1. The van der Waals surface area contributed by atoms with Crippen LogP contribution >= 0.6 is 27.3 Å². The third-order valence-corrected chi connectivity index (χ3v) is 5.38. The number of benzene rings is 1. The molecule has 1 aliphatic heterocycles. The first kappa shape index (κ1) is 16.4. The SMILES string of the molecule is COc1cc2c(cc1Br)C(C)(CC(=O)Nc1nccs1)NCC2. The number of halogens is 1. The maximum Gasteiger partial charge on any atom is 0.228 e. The number of thiazole rings is 1. The molecule has 0 fully saturated rings. The van der Waals surface area contributed by atoms with Gasteiger partial charge in [-0.3, -0.25) is 4.79 Å². The van der Waals surface area contributed by atoms with Crippen molar-refractivity contribution in [3.8, 4) is 5.75 Å². The Morgan fingerprint density at radius 1 is 1.57 bits per heavy atom. The lowest BCUT2D eigenvalue weighted by Crippen LogP contribution is -2.47.